The van der Waals surface area contributed by atoms with Crippen molar-refractivity contribution in [2.24, 2.45) is 0 Å². The minimum atomic E-state index is 0.771. The van der Waals surface area contributed by atoms with Gasteiger partial charge in [-0.1, -0.05) is 6.07 Å². The van der Waals surface area contributed by atoms with E-state index in [9.17, 15) is 0 Å². The van der Waals surface area contributed by atoms with Gasteiger partial charge in [-0.15, -0.1) is 0 Å². The normalized spacial score (nSPS) is 10.6. The summed E-state index contributed by atoms with van der Waals surface area (Å²) in [6, 6.07) is 9.89. The molecule has 0 atom stereocenters. The van der Waals surface area contributed by atoms with Gasteiger partial charge in [-0.3, -0.25) is 10.1 Å². The van der Waals surface area contributed by atoms with E-state index in [2.05, 4.69) is 21.2 Å². The van der Waals surface area contributed by atoms with Crippen molar-refractivity contribution in [3.63, 3.8) is 0 Å². The van der Waals surface area contributed by atoms with Crippen LogP contribution in [0.3, 0.4) is 0 Å². The third kappa shape index (κ3) is 1.63. The highest BCUT2D eigenvalue weighted by Crippen LogP contribution is 2.29. The summed E-state index contributed by atoms with van der Waals surface area (Å²) in [6.07, 6.45) is 3.50. The predicted octanol–water partition coefficient (Wildman–Crippen LogP) is 2.63. The topological polar surface area (TPSA) is 50.8 Å². The Morgan fingerprint density at radius 3 is 2.88 bits per heavy atom. The summed E-state index contributed by atoms with van der Waals surface area (Å²) in [7, 11) is 1.65. The molecule has 1 N–H and O–H groups in total. The highest BCUT2D eigenvalue weighted by atomic mass is 16.5. The number of pyridine rings is 1. The number of H-pyrrole nitrogens is 1. The van der Waals surface area contributed by atoms with Crippen molar-refractivity contribution in [3.05, 3.63) is 42.7 Å². The summed E-state index contributed by atoms with van der Waals surface area (Å²) < 4.78 is 5.37. The summed E-state index contributed by atoms with van der Waals surface area (Å²) in [6.45, 7) is 0. The number of fused-ring (bicyclic) bond motifs is 1. The molecule has 3 rings (SSSR count). The van der Waals surface area contributed by atoms with Crippen molar-refractivity contribution < 1.29 is 4.74 Å². The van der Waals surface area contributed by atoms with E-state index < -0.39 is 0 Å². The highest BCUT2D eigenvalue weighted by molar-refractivity contribution is 5.89. The van der Waals surface area contributed by atoms with Gasteiger partial charge in [0.1, 0.15) is 11.3 Å². The second kappa shape index (κ2) is 3.90. The largest absolute Gasteiger partial charge is 0.494 e. The van der Waals surface area contributed by atoms with Crippen molar-refractivity contribution >= 4 is 10.9 Å². The summed E-state index contributed by atoms with van der Waals surface area (Å²) >= 11 is 0. The number of hydrogen-bond donors (Lipinski definition) is 1. The monoisotopic (exact) mass is 225 g/mol. The Balaban J connectivity index is 2.28. The summed E-state index contributed by atoms with van der Waals surface area (Å²) in [5.74, 6) is 0.771. The van der Waals surface area contributed by atoms with Gasteiger partial charge < -0.3 is 4.74 Å². The number of aromatic nitrogens is 3. The zero-order valence-corrected chi connectivity index (χ0v) is 9.34. The second-order valence-electron chi connectivity index (χ2n) is 3.72. The maximum atomic E-state index is 5.37. The number of benzene rings is 1. The Bertz CT molecular complexity index is 647. The van der Waals surface area contributed by atoms with Gasteiger partial charge in [-0.2, -0.15) is 5.10 Å². The number of ether oxygens (including phenoxy) is 1. The first kappa shape index (κ1) is 9.84. The van der Waals surface area contributed by atoms with Crippen molar-refractivity contribution in [2.75, 3.05) is 7.11 Å². The molecule has 2 aromatic heterocycles. The Hall–Kier alpha value is -2.36. The molecule has 2 heterocycles. The Kier molecular flexibility index (Phi) is 2.26. The molecule has 0 aliphatic rings. The molecule has 0 saturated heterocycles. The molecule has 0 unspecified atom stereocenters. The summed E-state index contributed by atoms with van der Waals surface area (Å²) in [5.41, 5.74) is 2.88. The van der Waals surface area contributed by atoms with Gasteiger partial charge in [0, 0.05) is 23.3 Å². The van der Waals surface area contributed by atoms with Gasteiger partial charge in [0.05, 0.1) is 12.8 Å². The molecule has 0 amide bonds. The molecule has 0 aliphatic carbocycles. The Morgan fingerprint density at radius 2 is 2.12 bits per heavy atom. The van der Waals surface area contributed by atoms with Gasteiger partial charge in [0.25, 0.3) is 0 Å². The minimum Gasteiger partial charge on any atom is -0.494 e. The molecule has 3 aromatic rings. The fourth-order valence-corrected chi connectivity index (χ4v) is 1.89. The van der Waals surface area contributed by atoms with Crippen LogP contribution in [0.1, 0.15) is 0 Å². The molecule has 0 spiro atoms. The summed E-state index contributed by atoms with van der Waals surface area (Å²) in [5, 5.41) is 7.95. The van der Waals surface area contributed by atoms with Crippen LogP contribution in [0.15, 0.2) is 42.7 Å². The van der Waals surface area contributed by atoms with Crippen LogP contribution in [0.25, 0.3) is 22.2 Å². The maximum Gasteiger partial charge on any atom is 0.145 e. The van der Waals surface area contributed by atoms with Crippen molar-refractivity contribution in [1.29, 1.82) is 0 Å². The van der Waals surface area contributed by atoms with E-state index in [4.69, 9.17) is 4.74 Å². The Labute approximate surface area is 98.3 Å². The highest BCUT2D eigenvalue weighted by Gasteiger charge is 2.07. The van der Waals surface area contributed by atoms with Crippen LogP contribution in [0.5, 0.6) is 5.75 Å². The second-order valence-corrected chi connectivity index (χ2v) is 3.72. The SMILES string of the molecule is COc1cc(-c2ccn[nH]2)cc2cccnc12. The standard InChI is InChI=1S/C13H11N3O/c1-17-12-8-10(11-4-6-15-16-11)7-9-3-2-5-14-13(9)12/h2-8H,1H3,(H,15,16). The maximum absolute atomic E-state index is 5.37. The summed E-state index contributed by atoms with van der Waals surface area (Å²) in [4.78, 5) is 4.32. The van der Waals surface area contributed by atoms with Crippen LogP contribution in [-0.4, -0.2) is 22.3 Å². The van der Waals surface area contributed by atoms with E-state index in [1.165, 1.54) is 0 Å². The number of rotatable bonds is 2. The lowest BCUT2D eigenvalue weighted by atomic mass is 10.1. The van der Waals surface area contributed by atoms with E-state index in [1.807, 2.05) is 24.3 Å². The molecular formula is C13H11N3O. The van der Waals surface area contributed by atoms with E-state index in [-0.39, 0.29) is 0 Å². The van der Waals surface area contributed by atoms with Crippen LogP contribution in [0.4, 0.5) is 0 Å². The number of nitrogens with one attached hydrogen (secondary N) is 1. The number of methoxy groups -OCH3 is 1. The third-order valence-corrected chi connectivity index (χ3v) is 2.70. The number of hydrogen-bond acceptors (Lipinski definition) is 3. The van der Waals surface area contributed by atoms with E-state index in [1.54, 1.807) is 19.5 Å². The van der Waals surface area contributed by atoms with Crippen molar-refractivity contribution in [1.82, 2.24) is 15.2 Å². The number of nitrogens with zero attached hydrogens (tertiary/aromatic N) is 2. The molecule has 0 radical (unpaired) electrons. The smallest absolute Gasteiger partial charge is 0.145 e. The van der Waals surface area contributed by atoms with Crippen LogP contribution in [0.2, 0.25) is 0 Å². The molecule has 0 bridgehead atoms. The lowest BCUT2D eigenvalue weighted by molar-refractivity contribution is 0.419. The molecule has 0 fully saturated rings. The zero-order valence-electron chi connectivity index (χ0n) is 9.34. The van der Waals surface area contributed by atoms with Crippen LogP contribution < -0.4 is 4.74 Å². The van der Waals surface area contributed by atoms with Gasteiger partial charge in [0.2, 0.25) is 0 Å². The van der Waals surface area contributed by atoms with Gasteiger partial charge in [0.15, 0.2) is 0 Å². The van der Waals surface area contributed by atoms with Crippen molar-refractivity contribution in [2.45, 2.75) is 0 Å². The third-order valence-electron chi connectivity index (χ3n) is 2.70. The van der Waals surface area contributed by atoms with E-state index in [0.717, 1.165) is 27.9 Å². The molecule has 4 heteroatoms. The fraction of sp³-hybridized carbons (Fsp3) is 0.0769. The minimum absolute atomic E-state index is 0.771. The lowest BCUT2D eigenvalue weighted by Crippen LogP contribution is -1.89. The molecule has 84 valence electrons. The zero-order chi connectivity index (χ0) is 11.7. The van der Waals surface area contributed by atoms with Gasteiger partial charge >= 0.3 is 0 Å². The average molecular weight is 225 g/mol. The average Bonchev–Trinajstić information content (AvgIpc) is 2.91. The molecule has 0 saturated carbocycles. The van der Waals surface area contributed by atoms with Gasteiger partial charge in [-0.25, -0.2) is 0 Å². The Morgan fingerprint density at radius 1 is 1.18 bits per heavy atom. The van der Waals surface area contributed by atoms with E-state index in [0.29, 0.717) is 0 Å². The van der Waals surface area contributed by atoms with Crippen LogP contribution in [0, 0.1) is 0 Å². The quantitative estimate of drug-likeness (QED) is 0.729. The lowest BCUT2D eigenvalue weighted by Gasteiger charge is -2.07. The number of aromatic amines is 1. The van der Waals surface area contributed by atoms with Crippen molar-refractivity contribution in [3.8, 4) is 17.0 Å². The van der Waals surface area contributed by atoms with Gasteiger partial charge in [-0.05, 0) is 24.3 Å². The molecule has 4 nitrogen and oxygen atoms in total. The predicted molar refractivity (Wildman–Crippen MR) is 65.9 cm³/mol. The first-order valence-electron chi connectivity index (χ1n) is 5.31. The molecule has 0 aliphatic heterocycles. The van der Waals surface area contributed by atoms with Crippen LogP contribution >= 0.6 is 0 Å². The molecule has 17 heavy (non-hydrogen) atoms. The first-order chi connectivity index (χ1) is 8.38. The van der Waals surface area contributed by atoms with Crippen LogP contribution in [-0.2, 0) is 0 Å². The molecule has 1 aromatic carbocycles. The fourth-order valence-electron chi connectivity index (χ4n) is 1.89. The van der Waals surface area contributed by atoms with E-state index >= 15 is 0 Å². The first-order valence-corrected chi connectivity index (χ1v) is 5.31. The molecular weight excluding hydrogens is 214 g/mol.